The van der Waals surface area contributed by atoms with Crippen molar-refractivity contribution in [1.29, 1.82) is 0 Å². The van der Waals surface area contributed by atoms with Gasteiger partial charge in [-0.25, -0.2) is 0 Å². The molecule has 0 aromatic heterocycles. The topological polar surface area (TPSA) is 49.8 Å². The fourth-order valence-electron chi connectivity index (χ4n) is 2.97. The average Bonchev–Trinajstić information content (AvgIpc) is 2.47. The van der Waals surface area contributed by atoms with Crippen molar-refractivity contribution in [3.63, 3.8) is 0 Å². The van der Waals surface area contributed by atoms with E-state index in [1.54, 1.807) is 0 Å². The van der Waals surface area contributed by atoms with E-state index in [9.17, 15) is 9.90 Å². The van der Waals surface area contributed by atoms with Gasteiger partial charge in [0.15, 0.2) is 0 Å². The molecule has 2 rings (SSSR count). The van der Waals surface area contributed by atoms with Gasteiger partial charge in [0.05, 0.1) is 25.2 Å². The summed E-state index contributed by atoms with van der Waals surface area (Å²) < 4.78 is 5.40. The number of benzene rings is 1. The summed E-state index contributed by atoms with van der Waals surface area (Å²) in [4.78, 5) is 13.6. The van der Waals surface area contributed by atoms with Gasteiger partial charge in [-0.3, -0.25) is 9.69 Å². The van der Waals surface area contributed by atoms with Crippen LogP contribution in [0.1, 0.15) is 44.2 Å². The van der Waals surface area contributed by atoms with Gasteiger partial charge in [0.1, 0.15) is 0 Å². The van der Waals surface area contributed by atoms with Crippen LogP contribution in [0, 0.1) is 0 Å². The van der Waals surface area contributed by atoms with Crippen LogP contribution in [0.3, 0.4) is 0 Å². The Morgan fingerprint density at radius 1 is 1.29 bits per heavy atom. The minimum absolute atomic E-state index is 0.105. The van der Waals surface area contributed by atoms with Crippen molar-refractivity contribution in [2.24, 2.45) is 0 Å². The SMILES string of the molecule is CC(C)c1ccc(C(C)(CC(=O)O)N2CCOCC2)cc1. The third-order valence-corrected chi connectivity index (χ3v) is 4.40. The molecule has 1 fully saturated rings. The molecule has 1 N–H and O–H groups in total. The van der Waals surface area contributed by atoms with Gasteiger partial charge < -0.3 is 9.84 Å². The molecule has 4 heteroatoms. The molecule has 0 amide bonds. The summed E-state index contributed by atoms with van der Waals surface area (Å²) in [6, 6.07) is 8.38. The summed E-state index contributed by atoms with van der Waals surface area (Å²) in [5.74, 6) is -0.287. The Labute approximate surface area is 126 Å². The van der Waals surface area contributed by atoms with Gasteiger partial charge in [-0.05, 0) is 24.0 Å². The van der Waals surface area contributed by atoms with Gasteiger partial charge in [0.25, 0.3) is 0 Å². The van der Waals surface area contributed by atoms with Gasteiger partial charge in [0.2, 0.25) is 0 Å². The van der Waals surface area contributed by atoms with Crippen molar-refractivity contribution in [1.82, 2.24) is 4.90 Å². The third kappa shape index (κ3) is 3.63. The predicted octanol–water partition coefficient (Wildman–Crippen LogP) is 2.83. The molecule has 0 aliphatic carbocycles. The number of aliphatic carboxylic acids is 1. The number of hydrogen-bond acceptors (Lipinski definition) is 3. The molecule has 4 nitrogen and oxygen atoms in total. The Morgan fingerprint density at radius 2 is 1.86 bits per heavy atom. The van der Waals surface area contributed by atoms with Gasteiger partial charge >= 0.3 is 5.97 Å². The molecule has 21 heavy (non-hydrogen) atoms. The normalized spacial score (nSPS) is 19.4. The number of carbonyl (C=O) groups is 1. The monoisotopic (exact) mass is 291 g/mol. The Morgan fingerprint density at radius 3 is 2.33 bits per heavy atom. The van der Waals surface area contributed by atoms with Gasteiger partial charge in [0, 0.05) is 13.1 Å². The van der Waals surface area contributed by atoms with E-state index in [0.717, 1.165) is 18.7 Å². The molecule has 1 aliphatic rings. The minimum atomic E-state index is -0.767. The second-order valence-corrected chi connectivity index (χ2v) is 6.22. The largest absolute Gasteiger partial charge is 0.481 e. The van der Waals surface area contributed by atoms with Gasteiger partial charge in [-0.2, -0.15) is 0 Å². The molecule has 1 heterocycles. The molecule has 0 saturated carbocycles. The lowest BCUT2D eigenvalue weighted by Gasteiger charge is -2.43. The molecule has 0 radical (unpaired) electrons. The molecular weight excluding hydrogens is 266 g/mol. The molecule has 1 saturated heterocycles. The molecule has 116 valence electrons. The number of morpholine rings is 1. The predicted molar refractivity (Wildman–Crippen MR) is 82.5 cm³/mol. The van der Waals surface area contributed by atoms with E-state index in [4.69, 9.17) is 4.74 Å². The summed E-state index contributed by atoms with van der Waals surface area (Å²) in [5.41, 5.74) is 1.86. The van der Waals surface area contributed by atoms with Crippen molar-refractivity contribution in [2.75, 3.05) is 26.3 Å². The summed E-state index contributed by atoms with van der Waals surface area (Å²) in [7, 11) is 0. The second-order valence-electron chi connectivity index (χ2n) is 6.22. The highest BCUT2D eigenvalue weighted by molar-refractivity contribution is 5.69. The van der Waals surface area contributed by atoms with Crippen LogP contribution in [0.5, 0.6) is 0 Å². The zero-order valence-electron chi connectivity index (χ0n) is 13.1. The van der Waals surface area contributed by atoms with Crippen LogP contribution < -0.4 is 0 Å². The lowest BCUT2D eigenvalue weighted by Crippen LogP contribution is -2.50. The standard InChI is InChI=1S/C17H25NO3/c1-13(2)14-4-6-15(7-5-14)17(3,12-16(19)20)18-8-10-21-11-9-18/h4-7,13H,8-12H2,1-3H3,(H,19,20). The van der Waals surface area contributed by atoms with E-state index in [1.807, 2.05) is 6.92 Å². The van der Waals surface area contributed by atoms with Crippen LogP contribution in [-0.2, 0) is 15.1 Å². The number of carboxylic acid groups (broad SMARTS) is 1. The summed E-state index contributed by atoms with van der Waals surface area (Å²) in [5, 5.41) is 9.33. The van der Waals surface area contributed by atoms with E-state index >= 15 is 0 Å². The molecule has 0 spiro atoms. The molecule has 1 unspecified atom stereocenters. The zero-order valence-corrected chi connectivity index (χ0v) is 13.1. The summed E-state index contributed by atoms with van der Waals surface area (Å²) in [6.45, 7) is 9.22. The molecule has 1 atom stereocenters. The maximum atomic E-state index is 11.3. The smallest absolute Gasteiger partial charge is 0.305 e. The first-order valence-electron chi connectivity index (χ1n) is 7.58. The third-order valence-electron chi connectivity index (χ3n) is 4.40. The maximum absolute atomic E-state index is 11.3. The lowest BCUT2D eigenvalue weighted by molar-refractivity contribution is -0.141. The Hall–Kier alpha value is -1.39. The highest BCUT2D eigenvalue weighted by Crippen LogP contribution is 2.33. The zero-order chi connectivity index (χ0) is 15.5. The van der Waals surface area contributed by atoms with Crippen LogP contribution >= 0.6 is 0 Å². The number of hydrogen-bond donors (Lipinski definition) is 1. The van der Waals surface area contributed by atoms with E-state index in [2.05, 4.69) is 43.0 Å². The van der Waals surface area contributed by atoms with Crippen LogP contribution in [0.25, 0.3) is 0 Å². The summed E-state index contributed by atoms with van der Waals surface area (Å²) in [6.07, 6.45) is 0.105. The van der Waals surface area contributed by atoms with E-state index in [1.165, 1.54) is 5.56 Å². The van der Waals surface area contributed by atoms with Gasteiger partial charge in [-0.15, -0.1) is 0 Å². The Bertz CT molecular complexity index is 477. The fraction of sp³-hybridized carbons (Fsp3) is 0.588. The Kier molecular flexibility index (Phi) is 5.01. The number of rotatable bonds is 5. The van der Waals surface area contributed by atoms with E-state index in [-0.39, 0.29) is 6.42 Å². The molecule has 1 aromatic rings. The second kappa shape index (κ2) is 6.58. The molecular formula is C17H25NO3. The van der Waals surface area contributed by atoms with Crippen LogP contribution in [0.4, 0.5) is 0 Å². The van der Waals surface area contributed by atoms with Crippen LogP contribution in [0.2, 0.25) is 0 Å². The van der Waals surface area contributed by atoms with Crippen molar-refractivity contribution in [3.8, 4) is 0 Å². The average molecular weight is 291 g/mol. The highest BCUT2D eigenvalue weighted by atomic mass is 16.5. The van der Waals surface area contributed by atoms with Crippen LogP contribution in [-0.4, -0.2) is 42.3 Å². The molecule has 1 aromatic carbocycles. The first-order chi connectivity index (χ1) is 9.93. The highest BCUT2D eigenvalue weighted by Gasteiger charge is 2.36. The van der Waals surface area contributed by atoms with Crippen LogP contribution in [0.15, 0.2) is 24.3 Å². The number of carboxylic acids is 1. The fourth-order valence-corrected chi connectivity index (χ4v) is 2.97. The minimum Gasteiger partial charge on any atom is -0.481 e. The van der Waals surface area contributed by atoms with Gasteiger partial charge in [-0.1, -0.05) is 38.1 Å². The van der Waals surface area contributed by atoms with Crippen molar-refractivity contribution in [3.05, 3.63) is 35.4 Å². The van der Waals surface area contributed by atoms with Crippen molar-refractivity contribution < 1.29 is 14.6 Å². The van der Waals surface area contributed by atoms with E-state index in [0.29, 0.717) is 19.1 Å². The molecule has 0 bridgehead atoms. The summed E-state index contributed by atoms with van der Waals surface area (Å²) >= 11 is 0. The Balaban J connectivity index is 2.31. The number of nitrogens with zero attached hydrogens (tertiary/aromatic N) is 1. The lowest BCUT2D eigenvalue weighted by atomic mass is 9.85. The number of ether oxygens (including phenoxy) is 1. The van der Waals surface area contributed by atoms with E-state index < -0.39 is 11.5 Å². The quantitative estimate of drug-likeness (QED) is 0.906. The van der Waals surface area contributed by atoms with Crippen molar-refractivity contribution >= 4 is 5.97 Å². The maximum Gasteiger partial charge on any atom is 0.305 e. The van der Waals surface area contributed by atoms with Crippen molar-refractivity contribution in [2.45, 2.75) is 38.6 Å². The molecule has 1 aliphatic heterocycles. The first kappa shape index (κ1) is 16.0. The first-order valence-corrected chi connectivity index (χ1v) is 7.58.